The number of imidazole rings is 1. The summed E-state index contributed by atoms with van der Waals surface area (Å²) >= 11 is 0. The molecule has 1 fully saturated rings. The highest BCUT2D eigenvalue weighted by molar-refractivity contribution is 5.94. The predicted molar refractivity (Wildman–Crippen MR) is 117 cm³/mol. The van der Waals surface area contributed by atoms with Gasteiger partial charge in [-0.3, -0.25) is 9.78 Å². The largest absolute Gasteiger partial charge is 0.356 e. The van der Waals surface area contributed by atoms with E-state index in [1.54, 1.807) is 12.4 Å². The molecule has 0 bridgehead atoms. The van der Waals surface area contributed by atoms with Crippen LogP contribution >= 0.6 is 0 Å². The molecular weight excluding hydrogens is 392 g/mol. The Morgan fingerprint density at radius 1 is 1.13 bits per heavy atom. The first-order valence-electron chi connectivity index (χ1n) is 10.6. The molecule has 160 valence electrons. The molecule has 5 heterocycles. The zero-order chi connectivity index (χ0) is 21.4. The van der Waals surface area contributed by atoms with Gasteiger partial charge in [0.2, 0.25) is 0 Å². The Kier molecular flexibility index (Phi) is 4.94. The van der Waals surface area contributed by atoms with Gasteiger partial charge in [-0.15, -0.1) is 0 Å². The second-order valence-electron chi connectivity index (χ2n) is 8.25. The van der Waals surface area contributed by atoms with E-state index in [9.17, 15) is 4.79 Å². The van der Waals surface area contributed by atoms with Gasteiger partial charge in [-0.2, -0.15) is 0 Å². The monoisotopic (exact) mass is 418 g/mol. The molecule has 0 aliphatic carbocycles. The van der Waals surface area contributed by atoms with Crippen LogP contribution in [-0.4, -0.2) is 44.6 Å². The number of rotatable bonds is 3. The average molecular weight is 419 g/mol. The molecule has 1 atom stereocenters. The molecule has 1 unspecified atom stereocenters. The molecule has 3 aromatic rings. The van der Waals surface area contributed by atoms with E-state index in [1.807, 2.05) is 50.4 Å². The molecule has 0 aromatic carbocycles. The Bertz CT molecular complexity index is 1100. The fourth-order valence-corrected chi connectivity index (χ4v) is 4.51. The maximum absolute atomic E-state index is 13.1. The SMILES string of the molecule is Cc1cccc(N2CCC3(CC2)OC(C(=O)Nc2cccnc2C)Cn2ccnc23)n1. The van der Waals surface area contributed by atoms with Crippen LogP contribution in [0, 0.1) is 13.8 Å². The smallest absolute Gasteiger partial charge is 0.255 e. The van der Waals surface area contributed by atoms with E-state index in [1.165, 1.54) is 0 Å². The third-order valence-electron chi connectivity index (χ3n) is 6.18. The molecule has 8 nitrogen and oxygen atoms in total. The minimum atomic E-state index is -0.593. The predicted octanol–water partition coefficient (Wildman–Crippen LogP) is 2.82. The number of hydrogen-bond donors (Lipinski definition) is 1. The number of hydrogen-bond acceptors (Lipinski definition) is 6. The van der Waals surface area contributed by atoms with Crippen LogP contribution in [0.15, 0.2) is 48.9 Å². The van der Waals surface area contributed by atoms with Crippen molar-refractivity contribution in [3.8, 4) is 0 Å². The molecule has 2 aliphatic rings. The maximum Gasteiger partial charge on any atom is 0.255 e. The van der Waals surface area contributed by atoms with Crippen LogP contribution in [0.4, 0.5) is 11.5 Å². The second kappa shape index (κ2) is 7.77. The van der Waals surface area contributed by atoms with Gasteiger partial charge in [-0.25, -0.2) is 9.97 Å². The first-order valence-corrected chi connectivity index (χ1v) is 10.6. The Morgan fingerprint density at radius 2 is 1.97 bits per heavy atom. The summed E-state index contributed by atoms with van der Waals surface area (Å²) in [7, 11) is 0. The number of anilines is 2. The number of nitrogens with zero attached hydrogens (tertiary/aromatic N) is 5. The Morgan fingerprint density at radius 3 is 2.74 bits per heavy atom. The van der Waals surface area contributed by atoms with Crippen LogP contribution in [0.2, 0.25) is 0 Å². The molecule has 31 heavy (non-hydrogen) atoms. The normalized spacial score (nSPS) is 19.8. The summed E-state index contributed by atoms with van der Waals surface area (Å²) in [6.07, 6.45) is 6.34. The Hall–Kier alpha value is -3.26. The van der Waals surface area contributed by atoms with E-state index in [2.05, 4.69) is 29.7 Å². The number of nitrogens with one attached hydrogen (secondary N) is 1. The van der Waals surface area contributed by atoms with Crippen molar-refractivity contribution in [1.29, 1.82) is 0 Å². The van der Waals surface area contributed by atoms with E-state index in [4.69, 9.17) is 4.74 Å². The molecule has 1 spiro atoms. The third kappa shape index (κ3) is 3.67. The molecule has 5 rings (SSSR count). The van der Waals surface area contributed by atoms with Crippen molar-refractivity contribution in [3.63, 3.8) is 0 Å². The van der Waals surface area contributed by atoms with Gasteiger partial charge >= 0.3 is 0 Å². The van der Waals surface area contributed by atoms with Gasteiger partial charge in [-0.05, 0) is 38.1 Å². The van der Waals surface area contributed by atoms with Crippen LogP contribution < -0.4 is 10.2 Å². The number of pyridine rings is 2. The van der Waals surface area contributed by atoms with Gasteiger partial charge in [-0.1, -0.05) is 6.07 Å². The first-order chi connectivity index (χ1) is 15.0. The number of aromatic nitrogens is 4. The number of carbonyl (C=O) groups excluding carboxylic acids is 1. The molecule has 3 aromatic heterocycles. The van der Waals surface area contributed by atoms with E-state index in [0.29, 0.717) is 12.2 Å². The summed E-state index contributed by atoms with van der Waals surface area (Å²) in [5, 5.41) is 2.99. The van der Waals surface area contributed by atoms with Gasteiger partial charge in [0.1, 0.15) is 17.2 Å². The fraction of sp³-hybridized carbons (Fsp3) is 0.391. The Balaban J connectivity index is 1.36. The molecule has 1 amide bonds. The number of fused-ring (bicyclic) bond motifs is 2. The number of amides is 1. The molecule has 8 heteroatoms. The van der Waals surface area contributed by atoms with Crippen molar-refractivity contribution in [2.24, 2.45) is 0 Å². The summed E-state index contributed by atoms with van der Waals surface area (Å²) in [4.78, 5) is 28.9. The first kappa shape index (κ1) is 19.7. The molecule has 2 aliphatic heterocycles. The van der Waals surface area contributed by atoms with Crippen LogP contribution in [-0.2, 0) is 21.7 Å². The van der Waals surface area contributed by atoms with E-state index < -0.39 is 11.7 Å². The summed E-state index contributed by atoms with van der Waals surface area (Å²) in [6, 6.07) is 9.75. The quantitative estimate of drug-likeness (QED) is 0.704. The maximum atomic E-state index is 13.1. The zero-order valence-corrected chi connectivity index (χ0v) is 17.8. The molecule has 0 radical (unpaired) electrons. The minimum Gasteiger partial charge on any atom is -0.356 e. The van der Waals surface area contributed by atoms with Crippen molar-refractivity contribution in [1.82, 2.24) is 19.5 Å². The lowest BCUT2D eigenvalue weighted by Gasteiger charge is -2.45. The third-order valence-corrected chi connectivity index (χ3v) is 6.18. The highest BCUT2D eigenvalue weighted by atomic mass is 16.5. The standard InChI is InChI=1S/C23H26N6O2/c1-16-5-3-7-20(26-16)28-12-8-23(9-13-28)22-25-11-14-29(22)15-19(31-23)21(30)27-18-6-4-10-24-17(18)2/h3-7,10-11,14,19H,8-9,12-13,15H2,1-2H3,(H,27,30). The molecule has 1 saturated heterocycles. The average Bonchev–Trinajstić information content (AvgIpc) is 3.26. The lowest BCUT2D eigenvalue weighted by Crippen LogP contribution is -2.53. The van der Waals surface area contributed by atoms with Crippen molar-refractivity contribution in [2.45, 2.75) is 44.9 Å². The lowest BCUT2D eigenvalue weighted by molar-refractivity contribution is -0.162. The highest BCUT2D eigenvalue weighted by Crippen LogP contribution is 2.41. The van der Waals surface area contributed by atoms with Gasteiger partial charge in [0.05, 0.1) is 17.9 Å². The van der Waals surface area contributed by atoms with Gasteiger partial charge in [0.25, 0.3) is 5.91 Å². The number of piperidine rings is 1. The van der Waals surface area contributed by atoms with E-state index in [0.717, 1.165) is 49.0 Å². The topological polar surface area (TPSA) is 85.2 Å². The molecule has 0 saturated carbocycles. The van der Waals surface area contributed by atoms with Crippen LogP contribution in [0.25, 0.3) is 0 Å². The van der Waals surface area contributed by atoms with E-state index >= 15 is 0 Å². The van der Waals surface area contributed by atoms with Crippen molar-refractivity contribution < 1.29 is 9.53 Å². The fourth-order valence-electron chi connectivity index (χ4n) is 4.51. The summed E-state index contributed by atoms with van der Waals surface area (Å²) in [5.74, 6) is 1.74. The minimum absolute atomic E-state index is 0.155. The zero-order valence-electron chi connectivity index (χ0n) is 17.8. The van der Waals surface area contributed by atoms with Crippen molar-refractivity contribution in [2.75, 3.05) is 23.3 Å². The number of ether oxygens (including phenoxy) is 1. The van der Waals surface area contributed by atoms with Gasteiger partial charge in [0, 0.05) is 50.2 Å². The lowest BCUT2D eigenvalue weighted by atomic mass is 9.88. The van der Waals surface area contributed by atoms with E-state index in [-0.39, 0.29) is 5.91 Å². The molecule has 1 N–H and O–H groups in total. The Labute approximate surface area is 181 Å². The number of carbonyl (C=O) groups is 1. The van der Waals surface area contributed by atoms with Crippen molar-refractivity contribution >= 4 is 17.4 Å². The van der Waals surface area contributed by atoms with Crippen molar-refractivity contribution in [3.05, 3.63) is 66.1 Å². The van der Waals surface area contributed by atoms with Crippen LogP contribution in [0.1, 0.15) is 30.1 Å². The van der Waals surface area contributed by atoms with Gasteiger partial charge in [0.15, 0.2) is 6.10 Å². The summed E-state index contributed by atoms with van der Waals surface area (Å²) in [5.41, 5.74) is 1.92. The highest BCUT2D eigenvalue weighted by Gasteiger charge is 2.47. The second-order valence-corrected chi connectivity index (χ2v) is 8.25. The number of aryl methyl sites for hydroxylation is 2. The summed E-state index contributed by atoms with van der Waals surface area (Å²) in [6.45, 7) is 5.91. The summed E-state index contributed by atoms with van der Waals surface area (Å²) < 4.78 is 8.58. The van der Waals surface area contributed by atoms with Crippen LogP contribution in [0.3, 0.4) is 0 Å². The van der Waals surface area contributed by atoms with Gasteiger partial charge < -0.3 is 19.5 Å². The molecular formula is C23H26N6O2. The van der Waals surface area contributed by atoms with Crippen LogP contribution in [0.5, 0.6) is 0 Å².